The van der Waals surface area contributed by atoms with Crippen molar-refractivity contribution in [2.75, 3.05) is 11.9 Å². The number of halogens is 1. The van der Waals surface area contributed by atoms with Crippen LogP contribution in [0.15, 0.2) is 59.4 Å². The van der Waals surface area contributed by atoms with Crippen molar-refractivity contribution in [2.45, 2.75) is 39.7 Å². The highest BCUT2D eigenvalue weighted by Gasteiger charge is 2.21. The molecule has 0 aliphatic carbocycles. The van der Waals surface area contributed by atoms with E-state index in [0.29, 0.717) is 41.5 Å². The van der Waals surface area contributed by atoms with Crippen molar-refractivity contribution in [3.8, 4) is 0 Å². The van der Waals surface area contributed by atoms with E-state index in [-0.39, 0.29) is 16.8 Å². The first-order valence-corrected chi connectivity index (χ1v) is 10.5. The average Bonchev–Trinajstić information content (AvgIpc) is 2.75. The van der Waals surface area contributed by atoms with Gasteiger partial charge in [0.2, 0.25) is 0 Å². The lowest BCUT2D eigenvalue weighted by Crippen LogP contribution is -2.28. The first-order valence-electron chi connectivity index (χ1n) is 10.5. The average molecular weight is 432 g/mol. The van der Waals surface area contributed by atoms with E-state index < -0.39 is 0 Å². The molecule has 0 spiro atoms. The number of hydrogen-bond acceptors (Lipinski definition) is 5. The van der Waals surface area contributed by atoms with Gasteiger partial charge in [0, 0.05) is 18.0 Å². The Balaban J connectivity index is 1.58. The zero-order valence-electron chi connectivity index (χ0n) is 18.7. The summed E-state index contributed by atoms with van der Waals surface area (Å²) in [6.45, 7) is 8.74. The molecule has 2 heterocycles. The van der Waals surface area contributed by atoms with Gasteiger partial charge in [0.25, 0.3) is 5.56 Å². The molecule has 7 heteroatoms. The zero-order chi connectivity index (χ0) is 22.9. The zero-order valence-corrected chi connectivity index (χ0v) is 18.7. The highest BCUT2D eigenvalue weighted by Crippen LogP contribution is 2.24. The summed E-state index contributed by atoms with van der Waals surface area (Å²) in [5.41, 5.74) is 2.12. The molecule has 0 fully saturated rings. The van der Waals surface area contributed by atoms with Crippen molar-refractivity contribution in [3.05, 3.63) is 93.7 Å². The molecule has 1 N–H and O–H groups in total. The fraction of sp³-hybridized carbons (Fsp3) is 0.280. The van der Waals surface area contributed by atoms with Crippen LogP contribution < -0.4 is 10.9 Å². The number of aromatic nitrogens is 4. The van der Waals surface area contributed by atoms with E-state index in [2.05, 4.69) is 34.1 Å². The standard InChI is InChI=1S/C25H26FN5O/c1-16-28-20(14-31-17(2)30-22-8-6-5-7-21(22)24(31)32)13-23(29-16)27-15-25(3,4)18-9-11-19(26)12-10-18/h5-13H,14-15H2,1-4H3,(H,27,28,29). The van der Waals surface area contributed by atoms with Crippen LogP contribution in [-0.4, -0.2) is 26.1 Å². The van der Waals surface area contributed by atoms with Crippen LogP contribution in [0.1, 0.15) is 36.8 Å². The van der Waals surface area contributed by atoms with Crippen LogP contribution in [0.2, 0.25) is 0 Å². The van der Waals surface area contributed by atoms with Crippen LogP contribution in [0.4, 0.5) is 10.2 Å². The van der Waals surface area contributed by atoms with E-state index in [4.69, 9.17) is 0 Å². The van der Waals surface area contributed by atoms with Crippen LogP contribution in [0, 0.1) is 19.7 Å². The monoisotopic (exact) mass is 431 g/mol. The van der Waals surface area contributed by atoms with Crippen LogP contribution in [-0.2, 0) is 12.0 Å². The van der Waals surface area contributed by atoms with Gasteiger partial charge in [-0.2, -0.15) is 0 Å². The Bertz CT molecular complexity index is 1330. The van der Waals surface area contributed by atoms with Gasteiger partial charge in [0.15, 0.2) is 0 Å². The molecule has 2 aromatic heterocycles. The summed E-state index contributed by atoms with van der Waals surface area (Å²) >= 11 is 0. The second kappa shape index (κ2) is 8.49. The molecule has 0 radical (unpaired) electrons. The second-order valence-corrected chi connectivity index (χ2v) is 8.60. The van der Waals surface area contributed by atoms with E-state index in [1.54, 1.807) is 22.8 Å². The lowest BCUT2D eigenvalue weighted by molar-refractivity contribution is 0.552. The van der Waals surface area contributed by atoms with Crippen LogP contribution in [0.25, 0.3) is 10.9 Å². The Kier molecular flexibility index (Phi) is 5.74. The third kappa shape index (κ3) is 4.51. The molecule has 0 unspecified atom stereocenters. The molecular weight excluding hydrogens is 405 g/mol. The van der Waals surface area contributed by atoms with Crippen molar-refractivity contribution >= 4 is 16.7 Å². The lowest BCUT2D eigenvalue weighted by atomic mass is 9.84. The molecule has 0 aliphatic heterocycles. The summed E-state index contributed by atoms with van der Waals surface area (Å²) in [4.78, 5) is 26.6. The highest BCUT2D eigenvalue weighted by atomic mass is 19.1. The van der Waals surface area contributed by atoms with Crippen LogP contribution >= 0.6 is 0 Å². The topological polar surface area (TPSA) is 72.7 Å². The first-order chi connectivity index (χ1) is 15.2. The maximum absolute atomic E-state index is 13.3. The second-order valence-electron chi connectivity index (χ2n) is 8.60. The van der Waals surface area contributed by atoms with Gasteiger partial charge in [-0.3, -0.25) is 9.36 Å². The van der Waals surface area contributed by atoms with E-state index in [0.717, 1.165) is 11.3 Å². The van der Waals surface area contributed by atoms with Gasteiger partial charge >= 0.3 is 0 Å². The summed E-state index contributed by atoms with van der Waals surface area (Å²) in [5.74, 6) is 1.69. The molecule has 0 saturated carbocycles. The molecule has 164 valence electrons. The Morgan fingerprint density at radius 1 is 1.00 bits per heavy atom. The van der Waals surface area contributed by atoms with Gasteiger partial charge in [0.05, 0.1) is 23.1 Å². The Morgan fingerprint density at radius 2 is 1.72 bits per heavy atom. The molecule has 0 atom stereocenters. The molecule has 0 amide bonds. The lowest BCUT2D eigenvalue weighted by Gasteiger charge is -2.26. The SMILES string of the molecule is Cc1nc(Cn2c(C)nc3ccccc3c2=O)cc(NCC(C)(C)c2ccc(F)cc2)n1. The minimum Gasteiger partial charge on any atom is -0.369 e. The molecule has 4 rings (SSSR count). The number of benzene rings is 2. The van der Waals surface area contributed by atoms with Crippen molar-refractivity contribution in [1.82, 2.24) is 19.5 Å². The van der Waals surface area contributed by atoms with Crippen molar-refractivity contribution in [2.24, 2.45) is 0 Å². The number of hydrogen-bond donors (Lipinski definition) is 1. The van der Waals surface area contributed by atoms with Gasteiger partial charge in [-0.05, 0) is 43.7 Å². The van der Waals surface area contributed by atoms with E-state index >= 15 is 0 Å². The smallest absolute Gasteiger partial charge is 0.261 e. The van der Waals surface area contributed by atoms with Crippen molar-refractivity contribution in [3.63, 3.8) is 0 Å². The maximum Gasteiger partial charge on any atom is 0.261 e. The van der Waals surface area contributed by atoms with Gasteiger partial charge in [0.1, 0.15) is 23.3 Å². The Labute approximate surface area is 186 Å². The number of fused-ring (bicyclic) bond motifs is 1. The summed E-state index contributed by atoms with van der Waals surface area (Å²) < 4.78 is 14.9. The number of rotatable bonds is 6. The maximum atomic E-state index is 13.3. The molecule has 2 aromatic carbocycles. The van der Waals surface area contributed by atoms with Crippen LogP contribution in [0.3, 0.4) is 0 Å². The predicted molar refractivity (Wildman–Crippen MR) is 125 cm³/mol. The summed E-state index contributed by atoms with van der Waals surface area (Å²) in [6, 6.07) is 15.7. The largest absolute Gasteiger partial charge is 0.369 e. The van der Waals surface area contributed by atoms with E-state index in [9.17, 15) is 9.18 Å². The number of nitrogens with one attached hydrogen (secondary N) is 1. The van der Waals surface area contributed by atoms with Crippen LogP contribution in [0.5, 0.6) is 0 Å². The van der Waals surface area contributed by atoms with Gasteiger partial charge in [-0.15, -0.1) is 0 Å². The number of para-hydroxylation sites is 1. The van der Waals surface area contributed by atoms with E-state index in [1.165, 1.54) is 12.1 Å². The predicted octanol–water partition coefficient (Wildman–Crippen LogP) is 4.38. The highest BCUT2D eigenvalue weighted by molar-refractivity contribution is 5.77. The minimum atomic E-state index is -0.248. The molecule has 6 nitrogen and oxygen atoms in total. The molecule has 4 aromatic rings. The molecule has 32 heavy (non-hydrogen) atoms. The Morgan fingerprint density at radius 3 is 2.47 bits per heavy atom. The fourth-order valence-corrected chi connectivity index (χ4v) is 3.74. The molecular formula is C25H26FN5O. The number of anilines is 1. The fourth-order valence-electron chi connectivity index (χ4n) is 3.74. The summed E-state index contributed by atoms with van der Waals surface area (Å²) in [7, 11) is 0. The van der Waals surface area contributed by atoms with Gasteiger partial charge in [-0.25, -0.2) is 19.3 Å². The van der Waals surface area contributed by atoms with Crippen molar-refractivity contribution < 1.29 is 4.39 Å². The molecule has 0 saturated heterocycles. The number of nitrogens with zero attached hydrogens (tertiary/aromatic N) is 4. The summed E-state index contributed by atoms with van der Waals surface area (Å²) in [5, 5.41) is 3.96. The quantitative estimate of drug-likeness (QED) is 0.491. The summed E-state index contributed by atoms with van der Waals surface area (Å²) in [6.07, 6.45) is 0. The normalized spacial score (nSPS) is 11.7. The van der Waals surface area contributed by atoms with Crippen molar-refractivity contribution in [1.29, 1.82) is 0 Å². The minimum absolute atomic E-state index is 0.0867. The first kappa shape index (κ1) is 21.6. The molecule has 0 bridgehead atoms. The Hall–Kier alpha value is -3.61. The third-order valence-corrected chi connectivity index (χ3v) is 5.60. The number of aryl methyl sites for hydroxylation is 2. The van der Waals surface area contributed by atoms with Gasteiger partial charge in [-0.1, -0.05) is 38.1 Å². The van der Waals surface area contributed by atoms with E-state index in [1.807, 2.05) is 38.1 Å². The molecule has 0 aliphatic rings. The third-order valence-electron chi connectivity index (χ3n) is 5.60. The van der Waals surface area contributed by atoms with Gasteiger partial charge < -0.3 is 5.32 Å².